The molecule has 0 saturated heterocycles. The molecule has 3 heteroatoms. The highest BCUT2D eigenvalue weighted by Crippen LogP contribution is 2.27. The summed E-state index contributed by atoms with van der Waals surface area (Å²) in [4.78, 5) is 4.08. The Balaban J connectivity index is 2.23. The standard InChI is InChI=1S/C13H9ClN2/c14-13-12(5-3-6-15-13)10-8-11-4-1-2-7-16(11)9-10/h1-9H. The van der Waals surface area contributed by atoms with Gasteiger partial charge in [-0.05, 0) is 30.3 Å². The number of aromatic nitrogens is 2. The molecule has 0 fully saturated rings. The number of hydrogen-bond acceptors (Lipinski definition) is 1. The van der Waals surface area contributed by atoms with Crippen molar-refractivity contribution in [3.8, 4) is 11.1 Å². The number of fused-ring (bicyclic) bond motifs is 1. The van der Waals surface area contributed by atoms with E-state index in [4.69, 9.17) is 11.6 Å². The van der Waals surface area contributed by atoms with E-state index in [2.05, 4.69) is 27.7 Å². The number of hydrogen-bond donors (Lipinski definition) is 0. The highest BCUT2D eigenvalue weighted by molar-refractivity contribution is 6.32. The Hall–Kier alpha value is -1.80. The smallest absolute Gasteiger partial charge is 0.136 e. The van der Waals surface area contributed by atoms with Gasteiger partial charge in [0.1, 0.15) is 5.15 Å². The summed E-state index contributed by atoms with van der Waals surface area (Å²) >= 11 is 6.07. The number of nitrogens with zero attached hydrogens (tertiary/aromatic N) is 2. The average molecular weight is 229 g/mol. The zero-order chi connectivity index (χ0) is 11.0. The van der Waals surface area contributed by atoms with Crippen molar-refractivity contribution in [2.45, 2.75) is 0 Å². The second-order valence-electron chi connectivity index (χ2n) is 3.60. The minimum Gasteiger partial charge on any atom is -0.323 e. The van der Waals surface area contributed by atoms with Gasteiger partial charge in [0.2, 0.25) is 0 Å². The summed E-state index contributed by atoms with van der Waals surface area (Å²) in [5.74, 6) is 0. The van der Waals surface area contributed by atoms with Gasteiger partial charge >= 0.3 is 0 Å². The lowest BCUT2D eigenvalue weighted by atomic mass is 10.1. The molecule has 0 bridgehead atoms. The zero-order valence-electron chi connectivity index (χ0n) is 8.47. The van der Waals surface area contributed by atoms with E-state index in [1.165, 1.54) is 0 Å². The van der Waals surface area contributed by atoms with Crippen LogP contribution in [0.25, 0.3) is 16.6 Å². The van der Waals surface area contributed by atoms with E-state index >= 15 is 0 Å². The van der Waals surface area contributed by atoms with Crippen LogP contribution in [0.3, 0.4) is 0 Å². The van der Waals surface area contributed by atoms with Crippen LogP contribution >= 0.6 is 11.6 Å². The third kappa shape index (κ3) is 1.48. The predicted molar refractivity (Wildman–Crippen MR) is 65.6 cm³/mol. The minimum atomic E-state index is 0.540. The summed E-state index contributed by atoms with van der Waals surface area (Å²) in [5.41, 5.74) is 3.20. The molecule has 0 atom stereocenters. The van der Waals surface area contributed by atoms with Crippen molar-refractivity contribution in [2.24, 2.45) is 0 Å². The first-order chi connectivity index (χ1) is 7.84. The summed E-state index contributed by atoms with van der Waals surface area (Å²) in [6.07, 6.45) is 5.77. The number of rotatable bonds is 1. The molecule has 3 aromatic heterocycles. The Morgan fingerprint density at radius 1 is 1.12 bits per heavy atom. The molecule has 0 aliphatic carbocycles. The van der Waals surface area contributed by atoms with Crippen molar-refractivity contribution in [3.63, 3.8) is 0 Å². The zero-order valence-corrected chi connectivity index (χ0v) is 9.22. The summed E-state index contributed by atoms with van der Waals surface area (Å²) in [7, 11) is 0. The highest BCUT2D eigenvalue weighted by atomic mass is 35.5. The molecule has 78 valence electrons. The molecule has 0 saturated carbocycles. The molecule has 0 N–H and O–H groups in total. The van der Waals surface area contributed by atoms with E-state index in [1.54, 1.807) is 6.20 Å². The summed E-state index contributed by atoms with van der Waals surface area (Å²) < 4.78 is 2.07. The first kappa shape index (κ1) is 9.43. The van der Waals surface area contributed by atoms with Crippen molar-refractivity contribution < 1.29 is 0 Å². The van der Waals surface area contributed by atoms with Crippen molar-refractivity contribution in [1.82, 2.24) is 9.38 Å². The third-order valence-corrected chi connectivity index (χ3v) is 2.88. The van der Waals surface area contributed by atoms with Gasteiger partial charge in [0, 0.05) is 35.2 Å². The van der Waals surface area contributed by atoms with Crippen LogP contribution in [-0.2, 0) is 0 Å². The largest absolute Gasteiger partial charge is 0.323 e. The Labute approximate surface area is 98.1 Å². The first-order valence-corrected chi connectivity index (χ1v) is 5.40. The van der Waals surface area contributed by atoms with Crippen LogP contribution in [0.15, 0.2) is 55.0 Å². The van der Waals surface area contributed by atoms with Gasteiger partial charge in [-0.3, -0.25) is 0 Å². The summed E-state index contributed by atoms with van der Waals surface area (Å²) in [5, 5.41) is 0.540. The molecule has 3 rings (SSSR count). The summed E-state index contributed by atoms with van der Waals surface area (Å²) in [6.45, 7) is 0. The molecular formula is C13H9ClN2. The van der Waals surface area contributed by atoms with E-state index < -0.39 is 0 Å². The van der Waals surface area contributed by atoms with Crippen molar-refractivity contribution in [2.75, 3.05) is 0 Å². The third-order valence-electron chi connectivity index (χ3n) is 2.57. The second kappa shape index (κ2) is 3.65. The minimum absolute atomic E-state index is 0.540. The second-order valence-corrected chi connectivity index (χ2v) is 3.96. The number of halogens is 1. The molecule has 0 radical (unpaired) electrons. The van der Waals surface area contributed by atoms with E-state index in [0.29, 0.717) is 5.15 Å². The van der Waals surface area contributed by atoms with Crippen LogP contribution in [0.4, 0.5) is 0 Å². The Morgan fingerprint density at radius 3 is 2.88 bits per heavy atom. The Bertz CT molecular complexity index is 610. The predicted octanol–water partition coefficient (Wildman–Crippen LogP) is 3.65. The van der Waals surface area contributed by atoms with E-state index in [0.717, 1.165) is 16.6 Å². The van der Waals surface area contributed by atoms with Gasteiger partial charge < -0.3 is 4.40 Å². The molecular weight excluding hydrogens is 220 g/mol. The lowest BCUT2D eigenvalue weighted by Gasteiger charge is -1.98. The van der Waals surface area contributed by atoms with Crippen LogP contribution in [0.5, 0.6) is 0 Å². The molecule has 0 aliphatic rings. The lowest BCUT2D eigenvalue weighted by Crippen LogP contribution is -1.80. The van der Waals surface area contributed by atoms with Crippen molar-refractivity contribution >= 4 is 17.1 Å². The van der Waals surface area contributed by atoms with Crippen LogP contribution in [0.1, 0.15) is 0 Å². The molecule has 0 aromatic carbocycles. The SMILES string of the molecule is Clc1ncccc1-c1cc2ccccn2c1. The first-order valence-electron chi connectivity index (χ1n) is 5.02. The van der Waals surface area contributed by atoms with E-state index in [9.17, 15) is 0 Å². The van der Waals surface area contributed by atoms with Gasteiger partial charge in [-0.2, -0.15) is 0 Å². The normalized spacial score (nSPS) is 10.8. The lowest BCUT2D eigenvalue weighted by molar-refractivity contribution is 1.20. The molecule has 3 aromatic rings. The van der Waals surface area contributed by atoms with Crippen molar-refractivity contribution in [3.05, 3.63) is 60.1 Å². The Morgan fingerprint density at radius 2 is 2.06 bits per heavy atom. The monoisotopic (exact) mass is 228 g/mol. The molecule has 0 aliphatic heterocycles. The highest BCUT2D eigenvalue weighted by Gasteiger charge is 2.05. The van der Waals surface area contributed by atoms with Crippen LogP contribution in [0.2, 0.25) is 5.15 Å². The van der Waals surface area contributed by atoms with Crippen LogP contribution in [0, 0.1) is 0 Å². The molecule has 3 heterocycles. The fourth-order valence-corrected chi connectivity index (χ4v) is 2.03. The summed E-state index contributed by atoms with van der Waals surface area (Å²) in [6, 6.07) is 12.1. The van der Waals surface area contributed by atoms with Gasteiger partial charge in [0.15, 0.2) is 0 Å². The fraction of sp³-hybridized carbons (Fsp3) is 0. The quantitative estimate of drug-likeness (QED) is 0.581. The molecule has 0 spiro atoms. The van der Waals surface area contributed by atoms with Crippen LogP contribution < -0.4 is 0 Å². The molecule has 0 unspecified atom stereocenters. The van der Waals surface area contributed by atoms with Gasteiger partial charge in [0.05, 0.1) is 0 Å². The maximum absolute atomic E-state index is 6.07. The molecule has 16 heavy (non-hydrogen) atoms. The molecule has 2 nitrogen and oxygen atoms in total. The maximum Gasteiger partial charge on any atom is 0.136 e. The van der Waals surface area contributed by atoms with Crippen LogP contribution in [-0.4, -0.2) is 9.38 Å². The Kier molecular flexibility index (Phi) is 2.15. The topological polar surface area (TPSA) is 17.3 Å². The molecule has 0 amide bonds. The van der Waals surface area contributed by atoms with Gasteiger partial charge in [-0.1, -0.05) is 17.7 Å². The van der Waals surface area contributed by atoms with Gasteiger partial charge in [-0.15, -0.1) is 0 Å². The van der Waals surface area contributed by atoms with E-state index in [-0.39, 0.29) is 0 Å². The van der Waals surface area contributed by atoms with Gasteiger partial charge in [-0.25, -0.2) is 4.98 Å². The maximum atomic E-state index is 6.07. The van der Waals surface area contributed by atoms with E-state index in [1.807, 2.05) is 30.5 Å². The average Bonchev–Trinajstić information content (AvgIpc) is 2.73. The fourth-order valence-electron chi connectivity index (χ4n) is 1.80. The number of pyridine rings is 2. The van der Waals surface area contributed by atoms with Crippen molar-refractivity contribution in [1.29, 1.82) is 0 Å². The van der Waals surface area contributed by atoms with Gasteiger partial charge in [0.25, 0.3) is 0 Å².